The highest BCUT2D eigenvalue weighted by molar-refractivity contribution is 6.30. The van der Waals surface area contributed by atoms with Crippen LogP contribution in [0.2, 0.25) is 5.02 Å². The largest absolute Gasteiger partial charge is 0.480 e. The fraction of sp³-hybridized carbons (Fsp3) is 0.333. The number of carboxylic acids is 1. The molecule has 0 spiro atoms. The molecule has 4 nitrogen and oxygen atoms in total. The Labute approximate surface area is 122 Å². The van der Waals surface area contributed by atoms with Crippen LogP contribution in [0.3, 0.4) is 0 Å². The molecule has 2 rings (SSSR count). The number of halogens is 1. The Balaban J connectivity index is 2.13. The van der Waals surface area contributed by atoms with Gasteiger partial charge in [-0.05, 0) is 43.0 Å². The number of allylic oxidation sites excluding steroid dienone is 2. The van der Waals surface area contributed by atoms with Crippen LogP contribution in [0.4, 0.5) is 5.69 Å². The van der Waals surface area contributed by atoms with Gasteiger partial charge in [-0.2, -0.15) is 0 Å². The molecular formula is C15H16ClNO3. The molecule has 0 radical (unpaired) electrons. The third kappa shape index (κ3) is 3.84. The molecule has 0 saturated carbocycles. The topological polar surface area (TPSA) is 57.6 Å². The van der Waals surface area contributed by atoms with Crippen LogP contribution in [0.5, 0.6) is 0 Å². The summed E-state index contributed by atoms with van der Waals surface area (Å²) in [6.07, 6.45) is 6.36. The van der Waals surface area contributed by atoms with Gasteiger partial charge in [0.2, 0.25) is 5.91 Å². The van der Waals surface area contributed by atoms with Gasteiger partial charge in [0.05, 0.1) is 0 Å². The minimum absolute atomic E-state index is 0.175. The number of anilines is 1. The fourth-order valence-electron chi connectivity index (χ4n) is 2.28. The highest BCUT2D eigenvalue weighted by Crippen LogP contribution is 2.24. The first-order chi connectivity index (χ1) is 9.56. The first-order valence-electron chi connectivity index (χ1n) is 6.50. The van der Waals surface area contributed by atoms with E-state index < -0.39 is 5.97 Å². The van der Waals surface area contributed by atoms with E-state index in [4.69, 9.17) is 16.7 Å². The second-order valence-electron chi connectivity index (χ2n) is 4.82. The Morgan fingerprint density at radius 2 is 2.00 bits per heavy atom. The first kappa shape index (κ1) is 14.6. The van der Waals surface area contributed by atoms with Gasteiger partial charge in [0.15, 0.2) is 0 Å². The van der Waals surface area contributed by atoms with Gasteiger partial charge >= 0.3 is 5.97 Å². The number of nitrogens with zero attached hydrogens (tertiary/aromatic N) is 1. The number of aliphatic carboxylic acids is 1. The van der Waals surface area contributed by atoms with Gasteiger partial charge in [-0.25, -0.2) is 0 Å². The highest BCUT2D eigenvalue weighted by Gasteiger charge is 2.22. The Kier molecular flexibility index (Phi) is 4.79. The number of rotatable bonds is 5. The average Bonchev–Trinajstić information content (AvgIpc) is 2.89. The van der Waals surface area contributed by atoms with Gasteiger partial charge in [0.25, 0.3) is 0 Å². The molecule has 1 atom stereocenters. The zero-order valence-corrected chi connectivity index (χ0v) is 11.7. The smallest absolute Gasteiger partial charge is 0.323 e. The summed E-state index contributed by atoms with van der Waals surface area (Å²) in [5.74, 6) is -0.993. The maximum atomic E-state index is 12.3. The Hall–Kier alpha value is -1.81. The monoisotopic (exact) mass is 293 g/mol. The van der Waals surface area contributed by atoms with Crippen LogP contribution >= 0.6 is 11.6 Å². The van der Waals surface area contributed by atoms with Gasteiger partial charge in [0, 0.05) is 17.1 Å². The summed E-state index contributed by atoms with van der Waals surface area (Å²) in [7, 11) is 0. The van der Waals surface area contributed by atoms with Crippen molar-refractivity contribution in [3.63, 3.8) is 0 Å². The van der Waals surface area contributed by atoms with Crippen molar-refractivity contribution in [3.8, 4) is 0 Å². The standard InChI is InChI=1S/C15H16ClNO3/c16-12-5-7-13(8-6-12)17(10-15(19)20)14(18)9-11-3-1-2-4-11/h1,3,5-8,11H,2,4,9-10H2,(H,19,20). The molecule has 1 aliphatic carbocycles. The maximum absolute atomic E-state index is 12.3. The van der Waals surface area contributed by atoms with Crippen molar-refractivity contribution in [2.24, 2.45) is 5.92 Å². The lowest BCUT2D eigenvalue weighted by Gasteiger charge is -2.22. The van der Waals surface area contributed by atoms with E-state index in [2.05, 4.69) is 6.08 Å². The van der Waals surface area contributed by atoms with Crippen LogP contribution in [0.25, 0.3) is 0 Å². The fourth-order valence-corrected chi connectivity index (χ4v) is 2.41. The molecule has 1 amide bonds. The molecule has 5 heteroatoms. The molecule has 1 unspecified atom stereocenters. The summed E-state index contributed by atoms with van der Waals surface area (Å²) in [6.45, 7) is -0.336. The number of carbonyl (C=O) groups is 2. The molecule has 1 N–H and O–H groups in total. The van der Waals surface area contributed by atoms with Crippen molar-refractivity contribution >= 4 is 29.2 Å². The zero-order valence-electron chi connectivity index (χ0n) is 11.0. The number of carboxylic acid groups (broad SMARTS) is 1. The normalized spacial score (nSPS) is 17.1. The number of carbonyl (C=O) groups excluding carboxylic acids is 1. The average molecular weight is 294 g/mol. The molecule has 1 aromatic carbocycles. The maximum Gasteiger partial charge on any atom is 0.323 e. The minimum Gasteiger partial charge on any atom is -0.480 e. The van der Waals surface area contributed by atoms with E-state index in [1.807, 2.05) is 6.08 Å². The summed E-state index contributed by atoms with van der Waals surface area (Å²) in [5, 5.41) is 9.53. The molecule has 0 aromatic heterocycles. The van der Waals surface area contributed by atoms with Crippen molar-refractivity contribution in [2.75, 3.05) is 11.4 Å². The van der Waals surface area contributed by atoms with Crippen molar-refractivity contribution in [1.29, 1.82) is 0 Å². The van der Waals surface area contributed by atoms with Crippen molar-refractivity contribution in [2.45, 2.75) is 19.3 Å². The van der Waals surface area contributed by atoms with Crippen LogP contribution in [-0.4, -0.2) is 23.5 Å². The van der Waals surface area contributed by atoms with Crippen LogP contribution < -0.4 is 4.90 Å². The van der Waals surface area contributed by atoms with E-state index in [-0.39, 0.29) is 18.4 Å². The zero-order chi connectivity index (χ0) is 14.5. The van der Waals surface area contributed by atoms with E-state index in [9.17, 15) is 9.59 Å². The van der Waals surface area contributed by atoms with E-state index in [0.29, 0.717) is 17.1 Å². The van der Waals surface area contributed by atoms with Gasteiger partial charge in [-0.15, -0.1) is 0 Å². The summed E-state index contributed by atoms with van der Waals surface area (Å²) in [5.41, 5.74) is 0.559. The van der Waals surface area contributed by atoms with E-state index in [1.165, 1.54) is 4.90 Å². The van der Waals surface area contributed by atoms with E-state index in [1.54, 1.807) is 24.3 Å². The summed E-state index contributed by atoms with van der Waals surface area (Å²) < 4.78 is 0. The predicted molar refractivity (Wildman–Crippen MR) is 77.9 cm³/mol. The van der Waals surface area contributed by atoms with E-state index in [0.717, 1.165) is 12.8 Å². The molecule has 0 fully saturated rings. The van der Waals surface area contributed by atoms with Gasteiger partial charge in [-0.1, -0.05) is 23.8 Å². The molecule has 0 bridgehead atoms. The quantitative estimate of drug-likeness (QED) is 0.849. The third-order valence-corrected chi connectivity index (χ3v) is 3.53. The molecule has 0 saturated heterocycles. The Bertz CT molecular complexity index is 524. The summed E-state index contributed by atoms with van der Waals surface area (Å²) in [4.78, 5) is 24.6. The van der Waals surface area contributed by atoms with Crippen LogP contribution in [-0.2, 0) is 9.59 Å². The molecule has 1 aromatic rings. The predicted octanol–water partition coefficient (Wildman–Crippen LogP) is 3.11. The number of hydrogen-bond donors (Lipinski definition) is 1. The minimum atomic E-state index is -1.03. The number of benzene rings is 1. The Morgan fingerprint density at radius 3 is 2.55 bits per heavy atom. The van der Waals surface area contributed by atoms with Crippen LogP contribution in [0.1, 0.15) is 19.3 Å². The van der Waals surface area contributed by atoms with Crippen LogP contribution in [0.15, 0.2) is 36.4 Å². The molecule has 0 aliphatic heterocycles. The third-order valence-electron chi connectivity index (χ3n) is 3.28. The molecule has 106 valence electrons. The van der Waals surface area contributed by atoms with Crippen LogP contribution in [0, 0.1) is 5.92 Å². The highest BCUT2D eigenvalue weighted by atomic mass is 35.5. The second kappa shape index (κ2) is 6.57. The molecule has 0 heterocycles. The number of hydrogen-bond acceptors (Lipinski definition) is 2. The molecular weight excluding hydrogens is 278 g/mol. The summed E-state index contributed by atoms with van der Waals surface area (Å²) in [6, 6.07) is 6.62. The SMILES string of the molecule is O=C(O)CN(C(=O)CC1C=CCC1)c1ccc(Cl)cc1. The lowest BCUT2D eigenvalue weighted by atomic mass is 10.0. The first-order valence-corrected chi connectivity index (χ1v) is 6.88. The lowest BCUT2D eigenvalue weighted by Crippen LogP contribution is -2.36. The van der Waals surface area contributed by atoms with Gasteiger partial charge in [0.1, 0.15) is 6.54 Å². The van der Waals surface area contributed by atoms with Gasteiger partial charge in [-0.3, -0.25) is 9.59 Å². The second-order valence-corrected chi connectivity index (χ2v) is 5.26. The lowest BCUT2D eigenvalue weighted by molar-refractivity contribution is -0.136. The summed E-state index contributed by atoms with van der Waals surface area (Å²) >= 11 is 5.81. The van der Waals surface area contributed by atoms with E-state index >= 15 is 0 Å². The van der Waals surface area contributed by atoms with Gasteiger partial charge < -0.3 is 10.0 Å². The molecule has 1 aliphatic rings. The van der Waals surface area contributed by atoms with Crippen molar-refractivity contribution in [1.82, 2.24) is 0 Å². The number of amides is 1. The van der Waals surface area contributed by atoms with Crippen molar-refractivity contribution in [3.05, 3.63) is 41.4 Å². The Morgan fingerprint density at radius 1 is 1.30 bits per heavy atom. The van der Waals surface area contributed by atoms with Crippen molar-refractivity contribution < 1.29 is 14.7 Å². The molecule has 20 heavy (non-hydrogen) atoms.